The summed E-state index contributed by atoms with van der Waals surface area (Å²) in [6.45, 7) is 2.23. The van der Waals surface area contributed by atoms with Gasteiger partial charge in [-0.05, 0) is 12.2 Å². The van der Waals surface area contributed by atoms with E-state index in [4.69, 9.17) is 0 Å². The summed E-state index contributed by atoms with van der Waals surface area (Å²) in [6, 6.07) is 0. The van der Waals surface area contributed by atoms with E-state index < -0.39 is 0 Å². The maximum atomic E-state index is 4.07. The lowest BCUT2D eigenvalue weighted by molar-refractivity contribution is 0.897. The molecule has 0 aromatic heterocycles. The summed E-state index contributed by atoms with van der Waals surface area (Å²) in [5.41, 5.74) is 0. The molecule has 0 N–H and O–H groups in total. The Balaban J connectivity index is 2.83. The lowest BCUT2D eigenvalue weighted by Gasteiger charge is -1.93. The van der Waals surface area contributed by atoms with E-state index in [0.29, 0.717) is 0 Å². The van der Waals surface area contributed by atoms with Crippen LogP contribution in [0.25, 0.3) is 0 Å². The highest BCUT2D eigenvalue weighted by Gasteiger charge is 1.82. The zero-order valence-corrected chi connectivity index (χ0v) is 8.26. The van der Waals surface area contributed by atoms with Crippen molar-refractivity contribution in [1.82, 2.24) is 0 Å². The molecule has 60 valence electrons. The third-order valence-electron chi connectivity index (χ3n) is 1.13. The predicted octanol–water partition coefficient (Wildman–Crippen LogP) is 3.01. The molecular weight excluding hydrogens is 160 g/mol. The van der Waals surface area contributed by atoms with Crippen molar-refractivity contribution >= 4 is 24.4 Å². The van der Waals surface area contributed by atoms with Gasteiger partial charge in [0.05, 0.1) is 0 Å². The van der Waals surface area contributed by atoms with E-state index in [2.05, 4.69) is 31.7 Å². The second-order valence-electron chi connectivity index (χ2n) is 2.08. The summed E-state index contributed by atoms with van der Waals surface area (Å²) >= 11 is 6.07. The summed E-state index contributed by atoms with van der Waals surface area (Å²) in [5.74, 6) is 3.32. The quantitative estimate of drug-likeness (QED) is 0.369. The molecule has 0 heterocycles. The van der Waals surface area contributed by atoms with Crippen LogP contribution < -0.4 is 0 Å². The van der Waals surface area contributed by atoms with Crippen LogP contribution in [0.5, 0.6) is 0 Å². The van der Waals surface area contributed by atoms with Crippen LogP contribution in [0.3, 0.4) is 0 Å². The summed E-state index contributed by atoms with van der Waals surface area (Å²) < 4.78 is 0. The molecule has 0 rings (SSSR count). The standard InChI is InChI=1S/C8H16S2/c1-2-3-7-10-8-5-4-6-9/h4-5,9H,2-3,6-8H2,1H3. The average Bonchev–Trinajstić information content (AvgIpc) is 1.97. The van der Waals surface area contributed by atoms with Gasteiger partial charge in [0.25, 0.3) is 0 Å². The number of thiol groups is 1. The van der Waals surface area contributed by atoms with Gasteiger partial charge >= 0.3 is 0 Å². The fourth-order valence-electron chi connectivity index (χ4n) is 0.540. The van der Waals surface area contributed by atoms with Crippen LogP contribution in [0.15, 0.2) is 12.2 Å². The minimum absolute atomic E-state index is 0.869. The molecule has 0 amide bonds. The van der Waals surface area contributed by atoms with Gasteiger partial charge in [0, 0.05) is 11.5 Å². The summed E-state index contributed by atoms with van der Waals surface area (Å²) in [5, 5.41) is 0. The third-order valence-corrected chi connectivity index (χ3v) is 2.34. The van der Waals surface area contributed by atoms with Gasteiger partial charge in [-0.25, -0.2) is 0 Å². The van der Waals surface area contributed by atoms with Crippen LogP contribution >= 0.6 is 24.4 Å². The number of rotatable bonds is 6. The molecule has 0 aliphatic heterocycles. The number of thioether (sulfide) groups is 1. The van der Waals surface area contributed by atoms with Gasteiger partial charge in [0.1, 0.15) is 0 Å². The van der Waals surface area contributed by atoms with Crippen LogP contribution in [0.2, 0.25) is 0 Å². The van der Waals surface area contributed by atoms with Gasteiger partial charge in [0.15, 0.2) is 0 Å². The fraction of sp³-hybridized carbons (Fsp3) is 0.750. The van der Waals surface area contributed by atoms with E-state index in [-0.39, 0.29) is 0 Å². The smallest absolute Gasteiger partial charge is 0.0113 e. The molecule has 0 aromatic rings. The van der Waals surface area contributed by atoms with E-state index in [1.807, 2.05) is 11.8 Å². The Morgan fingerprint density at radius 3 is 2.80 bits per heavy atom. The van der Waals surface area contributed by atoms with E-state index >= 15 is 0 Å². The van der Waals surface area contributed by atoms with Gasteiger partial charge < -0.3 is 0 Å². The largest absolute Gasteiger partial charge is 0.175 e. The molecule has 0 spiro atoms. The Morgan fingerprint density at radius 2 is 2.20 bits per heavy atom. The minimum Gasteiger partial charge on any atom is -0.175 e. The zero-order chi connectivity index (χ0) is 7.66. The van der Waals surface area contributed by atoms with Crippen molar-refractivity contribution in [3.8, 4) is 0 Å². The van der Waals surface area contributed by atoms with Crippen LogP contribution in [0, 0.1) is 0 Å². The first-order chi connectivity index (χ1) is 4.91. The molecule has 0 saturated heterocycles. The maximum absolute atomic E-state index is 4.07. The lowest BCUT2D eigenvalue weighted by Crippen LogP contribution is -1.78. The Labute approximate surface area is 73.9 Å². The molecule has 0 saturated carbocycles. The monoisotopic (exact) mass is 176 g/mol. The summed E-state index contributed by atoms with van der Waals surface area (Å²) in [7, 11) is 0. The average molecular weight is 176 g/mol. The lowest BCUT2D eigenvalue weighted by atomic mass is 10.4. The van der Waals surface area contributed by atoms with Gasteiger partial charge in [0.2, 0.25) is 0 Å². The first-order valence-electron chi connectivity index (χ1n) is 3.75. The molecule has 0 radical (unpaired) electrons. The molecule has 0 aromatic carbocycles. The van der Waals surface area contributed by atoms with Gasteiger partial charge in [-0.1, -0.05) is 25.5 Å². The van der Waals surface area contributed by atoms with Crippen molar-refractivity contribution in [3.05, 3.63) is 12.2 Å². The zero-order valence-electron chi connectivity index (χ0n) is 6.55. The van der Waals surface area contributed by atoms with Crippen LogP contribution in [-0.2, 0) is 0 Å². The third kappa shape index (κ3) is 8.44. The van der Waals surface area contributed by atoms with Crippen LogP contribution in [0.4, 0.5) is 0 Å². The maximum Gasteiger partial charge on any atom is 0.0113 e. The highest BCUT2D eigenvalue weighted by Crippen LogP contribution is 2.03. The van der Waals surface area contributed by atoms with Crippen molar-refractivity contribution in [2.45, 2.75) is 19.8 Å². The predicted molar refractivity (Wildman–Crippen MR) is 55.2 cm³/mol. The van der Waals surface area contributed by atoms with Crippen molar-refractivity contribution < 1.29 is 0 Å². The molecule has 0 aliphatic carbocycles. The molecule has 10 heavy (non-hydrogen) atoms. The minimum atomic E-state index is 0.869. The SMILES string of the molecule is CCCCSCC=CCS. The van der Waals surface area contributed by atoms with E-state index in [0.717, 1.165) is 11.5 Å². The van der Waals surface area contributed by atoms with Crippen molar-refractivity contribution in [1.29, 1.82) is 0 Å². The number of hydrogen-bond acceptors (Lipinski definition) is 2. The second kappa shape index (κ2) is 9.44. The highest BCUT2D eigenvalue weighted by atomic mass is 32.2. The Bertz CT molecular complexity index is 79.3. The Morgan fingerprint density at radius 1 is 1.40 bits per heavy atom. The van der Waals surface area contributed by atoms with Gasteiger partial charge in [-0.15, -0.1) is 0 Å². The van der Waals surface area contributed by atoms with E-state index in [9.17, 15) is 0 Å². The second-order valence-corrected chi connectivity index (χ2v) is 3.60. The first kappa shape index (κ1) is 10.4. The first-order valence-corrected chi connectivity index (χ1v) is 5.54. The van der Waals surface area contributed by atoms with Gasteiger partial charge in [-0.2, -0.15) is 24.4 Å². The Kier molecular flexibility index (Phi) is 9.86. The van der Waals surface area contributed by atoms with Crippen LogP contribution in [-0.4, -0.2) is 17.3 Å². The van der Waals surface area contributed by atoms with Gasteiger partial charge in [-0.3, -0.25) is 0 Å². The molecule has 0 nitrogen and oxygen atoms in total. The van der Waals surface area contributed by atoms with Crippen molar-refractivity contribution in [2.24, 2.45) is 0 Å². The summed E-state index contributed by atoms with van der Waals surface area (Å²) in [6.07, 6.45) is 6.94. The van der Waals surface area contributed by atoms with E-state index in [1.165, 1.54) is 18.6 Å². The fourth-order valence-corrected chi connectivity index (χ4v) is 1.62. The number of hydrogen-bond donors (Lipinski definition) is 1. The summed E-state index contributed by atoms with van der Waals surface area (Å²) in [4.78, 5) is 0. The topological polar surface area (TPSA) is 0 Å². The highest BCUT2D eigenvalue weighted by molar-refractivity contribution is 7.99. The molecule has 2 heteroatoms. The van der Waals surface area contributed by atoms with Crippen molar-refractivity contribution in [3.63, 3.8) is 0 Å². The van der Waals surface area contributed by atoms with Crippen molar-refractivity contribution in [2.75, 3.05) is 17.3 Å². The molecule has 0 unspecified atom stereocenters. The molecule has 0 aliphatic rings. The molecular formula is C8H16S2. The normalized spacial score (nSPS) is 11.0. The number of unbranched alkanes of at least 4 members (excludes halogenated alkanes) is 1. The van der Waals surface area contributed by atoms with E-state index in [1.54, 1.807) is 0 Å². The molecule has 0 fully saturated rings. The molecule has 0 bridgehead atoms. The van der Waals surface area contributed by atoms with Crippen LogP contribution in [0.1, 0.15) is 19.8 Å². The Hall–Kier alpha value is 0.440. The molecule has 0 atom stereocenters.